The molecule has 1 aromatic heterocycles. The van der Waals surface area contributed by atoms with Crippen molar-refractivity contribution in [3.63, 3.8) is 0 Å². The van der Waals surface area contributed by atoms with Gasteiger partial charge in [0.2, 0.25) is 5.91 Å². The van der Waals surface area contributed by atoms with Crippen LogP contribution in [0.5, 0.6) is 0 Å². The van der Waals surface area contributed by atoms with Crippen molar-refractivity contribution in [2.45, 2.75) is 25.9 Å². The van der Waals surface area contributed by atoms with Crippen molar-refractivity contribution < 1.29 is 9.21 Å². The van der Waals surface area contributed by atoms with E-state index in [0.29, 0.717) is 25.3 Å². The second-order valence-electron chi connectivity index (χ2n) is 8.35. The maximum Gasteiger partial charge on any atom is 0.220 e. The zero-order chi connectivity index (χ0) is 23.0. The highest BCUT2D eigenvalue weighted by Crippen LogP contribution is 2.24. The van der Waals surface area contributed by atoms with E-state index in [-0.39, 0.29) is 5.91 Å². The van der Waals surface area contributed by atoms with Gasteiger partial charge in [-0.25, -0.2) is 4.98 Å². The smallest absolute Gasteiger partial charge is 0.220 e. The number of benzene rings is 3. The third-order valence-electron chi connectivity index (χ3n) is 5.43. The van der Waals surface area contributed by atoms with Gasteiger partial charge in [-0.2, -0.15) is 0 Å². The molecule has 5 nitrogen and oxygen atoms in total. The second kappa shape index (κ2) is 10.7. The molecule has 0 aliphatic carbocycles. The molecule has 0 radical (unpaired) electrons. The summed E-state index contributed by atoms with van der Waals surface area (Å²) in [7, 11) is 4.13. The van der Waals surface area contributed by atoms with E-state index in [2.05, 4.69) is 65.7 Å². The molecule has 0 atom stereocenters. The lowest BCUT2D eigenvalue weighted by molar-refractivity contribution is -0.121. The van der Waals surface area contributed by atoms with Gasteiger partial charge in [0, 0.05) is 31.5 Å². The van der Waals surface area contributed by atoms with E-state index in [1.165, 1.54) is 5.56 Å². The highest BCUT2D eigenvalue weighted by atomic mass is 16.4. The van der Waals surface area contributed by atoms with Crippen LogP contribution in [0.2, 0.25) is 0 Å². The molecule has 0 spiro atoms. The van der Waals surface area contributed by atoms with Crippen LogP contribution in [0.4, 0.5) is 0 Å². The molecule has 3 aromatic carbocycles. The maximum absolute atomic E-state index is 12.5. The average molecular weight is 440 g/mol. The summed E-state index contributed by atoms with van der Waals surface area (Å²) in [6.45, 7) is 1.39. The van der Waals surface area contributed by atoms with Crippen LogP contribution in [-0.2, 0) is 24.3 Å². The molecule has 0 bridgehead atoms. The first kappa shape index (κ1) is 22.5. The minimum absolute atomic E-state index is 0.0226. The van der Waals surface area contributed by atoms with Gasteiger partial charge in [-0.15, -0.1) is 0 Å². The number of rotatable bonds is 9. The van der Waals surface area contributed by atoms with E-state index >= 15 is 0 Å². The summed E-state index contributed by atoms with van der Waals surface area (Å²) in [6, 6.07) is 26.6. The standard InChI is InChI=1S/C28H29N3O2/c1-31(2)20-21-12-14-22(15-13-21)25-11-7-6-10-24(25)18-29-27(32)16-17-28-30-19-26(33-28)23-8-4-3-5-9-23/h3-15,19H,16-18,20H2,1-2H3,(H,29,32). The Balaban J connectivity index is 1.33. The molecule has 4 rings (SSSR count). The van der Waals surface area contributed by atoms with Crippen molar-refractivity contribution >= 4 is 5.91 Å². The predicted molar refractivity (Wildman–Crippen MR) is 131 cm³/mol. The van der Waals surface area contributed by atoms with Crippen LogP contribution in [0.1, 0.15) is 23.4 Å². The van der Waals surface area contributed by atoms with Crippen LogP contribution in [0.15, 0.2) is 89.5 Å². The fraction of sp³-hybridized carbons (Fsp3) is 0.214. The molecule has 33 heavy (non-hydrogen) atoms. The predicted octanol–water partition coefficient (Wildman–Crippen LogP) is 5.32. The van der Waals surface area contributed by atoms with Crippen LogP contribution in [0.25, 0.3) is 22.5 Å². The van der Waals surface area contributed by atoms with Crippen LogP contribution >= 0.6 is 0 Å². The van der Waals surface area contributed by atoms with Crippen molar-refractivity contribution in [2.24, 2.45) is 0 Å². The van der Waals surface area contributed by atoms with Gasteiger partial charge in [-0.3, -0.25) is 4.79 Å². The molecule has 4 aromatic rings. The van der Waals surface area contributed by atoms with Gasteiger partial charge >= 0.3 is 0 Å². The number of carbonyl (C=O) groups excluding carboxylic acids is 1. The highest BCUT2D eigenvalue weighted by molar-refractivity contribution is 5.76. The number of hydrogen-bond acceptors (Lipinski definition) is 4. The molecule has 168 valence electrons. The molecule has 0 aliphatic heterocycles. The third kappa shape index (κ3) is 6.18. The lowest BCUT2D eigenvalue weighted by Gasteiger charge is -2.13. The number of nitrogens with zero attached hydrogens (tertiary/aromatic N) is 2. The summed E-state index contributed by atoms with van der Waals surface area (Å²) in [5.74, 6) is 1.27. The number of hydrogen-bond donors (Lipinski definition) is 1. The number of carbonyl (C=O) groups is 1. The van der Waals surface area contributed by atoms with Gasteiger partial charge in [-0.05, 0) is 36.3 Å². The zero-order valence-corrected chi connectivity index (χ0v) is 19.1. The Hall–Kier alpha value is -3.70. The molecule has 5 heteroatoms. The molecule has 0 unspecified atom stereocenters. The normalized spacial score (nSPS) is 11.0. The Kier molecular flexibility index (Phi) is 7.33. The van der Waals surface area contributed by atoms with E-state index in [9.17, 15) is 4.79 Å². The van der Waals surface area contributed by atoms with Gasteiger partial charge in [0.15, 0.2) is 11.7 Å². The van der Waals surface area contributed by atoms with E-state index in [1.807, 2.05) is 42.5 Å². The van der Waals surface area contributed by atoms with E-state index in [4.69, 9.17) is 4.42 Å². The fourth-order valence-corrected chi connectivity index (χ4v) is 3.78. The summed E-state index contributed by atoms with van der Waals surface area (Å²) >= 11 is 0. The maximum atomic E-state index is 12.5. The van der Waals surface area contributed by atoms with Crippen LogP contribution in [0, 0.1) is 0 Å². The molecule has 0 saturated carbocycles. The SMILES string of the molecule is CN(C)Cc1ccc(-c2ccccc2CNC(=O)CCc2ncc(-c3ccccc3)o2)cc1. The number of nitrogens with one attached hydrogen (secondary N) is 1. The Labute approximate surface area is 195 Å². The molecule has 0 fully saturated rings. The minimum atomic E-state index is -0.0226. The Morgan fingerprint density at radius 2 is 1.64 bits per heavy atom. The lowest BCUT2D eigenvalue weighted by Crippen LogP contribution is -2.23. The molecular weight excluding hydrogens is 410 g/mol. The topological polar surface area (TPSA) is 58.4 Å². The molecular formula is C28H29N3O2. The first-order chi connectivity index (χ1) is 16.1. The summed E-state index contributed by atoms with van der Waals surface area (Å²) in [5, 5.41) is 3.04. The highest BCUT2D eigenvalue weighted by Gasteiger charge is 2.10. The van der Waals surface area contributed by atoms with Crippen LogP contribution < -0.4 is 5.32 Å². The van der Waals surface area contributed by atoms with Crippen molar-refractivity contribution in [2.75, 3.05) is 14.1 Å². The lowest BCUT2D eigenvalue weighted by atomic mass is 9.98. The van der Waals surface area contributed by atoms with Gasteiger partial charge in [0.1, 0.15) is 0 Å². The van der Waals surface area contributed by atoms with Gasteiger partial charge in [0.05, 0.1) is 6.20 Å². The van der Waals surface area contributed by atoms with Crippen molar-refractivity contribution in [1.82, 2.24) is 15.2 Å². The molecule has 0 saturated heterocycles. The molecule has 0 aliphatic rings. The summed E-state index contributed by atoms with van der Waals surface area (Å²) < 4.78 is 5.80. The first-order valence-corrected chi connectivity index (χ1v) is 11.2. The fourth-order valence-electron chi connectivity index (χ4n) is 3.78. The Morgan fingerprint density at radius 1 is 0.909 bits per heavy atom. The number of oxazole rings is 1. The van der Waals surface area contributed by atoms with Gasteiger partial charge in [-0.1, -0.05) is 78.9 Å². The van der Waals surface area contributed by atoms with E-state index in [0.717, 1.165) is 34.6 Å². The zero-order valence-electron chi connectivity index (χ0n) is 19.1. The molecule has 1 N–H and O–H groups in total. The van der Waals surface area contributed by atoms with Gasteiger partial charge < -0.3 is 14.6 Å². The van der Waals surface area contributed by atoms with Crippen molar-refractivity contribution in [3.05, 3.63) is 102 Å². The second-order valence-corrected chi connectivity index (χ2v) is 8.35. The minimum Gasteiger partial charge on any atom is -0.441 e. The van der Waals surface area contributed by atoms with Crippen LogP contribution in [-0.4, -0.2) is 29.9 Å². The Bertz CT molecular complexity index is 1180. The average Bonchev–Trinajstić information content (AvgIpc) is 3.32. The summed E-state index contributed by atoms with van der Waals surface area (Å²) in [5.41, 5.74) is 5.63. The van der Waals surface area contributed by atoms with Crippen molar-refractivity contribution in [3.8, 4) is 22.5 Å². The number of amides is 1. The van der Waals surface area contributed by atoms with Crippen LogP contribution in [0.3, 0.4) is 0 Å². The summed E-state index contributed by atoms with van der Waals surface area (Å²) in [4.78, 5) is 18.9. The number of aryl methyl sites for hydroxylation is 1. The Morgan fingerprint density at radius 3 is 2.39 bits per heavy atom. The third-order valence-corrected chi connectivity index (χ3v) is 5.43. The van der Waals surface area contributed by atoms with Crippen molar-refractivity contribution in [1.29, 1.82) is 0 Å². The summed E-state index contributed by atoms with van der Waals surface area (Å²) in [6.07, 6.45) is 2.51. The monoisotopic (exact) mass is 439 g/mol. The number of aromatic nitrogens is 1. The largest absolute Gasteiger partial charge is 0.441 e. The first-order valence-electron chi connectivity index (χ1n) is 11.2. The molecule has 1 amide bonds. The van der Waals surface area contributed by atoms with E-state index < -0.39 is 0 Å². The molecule has 1 heterocycles. The quantitative estimate of drug-likeness (QED) is 0.383. The van der Waals surface area contributed by atoms with E-state index in [1.54, 1.807) is 6.20 Å². The van der Waals surface area contributed by atoms with Gasteiger partial charge in [0.25, 0.3) is 0 Å².